The van der Waals surface area contributed by atoms with Gasteiger partial charge < -0.3 is 15.5 Å². The lowest BCUT2D eigenvalue weighted by Crippen LogP contribution is -2.02. The van der Waals surface area contributed by atoms with Crippen molar-refractivity contribution >= 4 is 11.2 Å². The van der Waals surface area contributed by atoms with Crippen LogP contribution in [0.1, 0.15) is 11.4 Å². The summed E-state index contributed by atoms with van der Waals surface area (Å²) >= 11 is 0. The molecule has 20 heavy (non-hydrogen) atoms. The molecule has 0 radical (unpaired) electrons. The second kappa shape index (κ2) is 5.26. The Bertz CT molecular complexity index is 737. The van der Waals surface area contributed by atoms with E-state index >= 15 is 0 Å². The van der Waals surface area contributed by atoms with Crippen LogP contribution in [-0.4, -0.2) is 26.5 Å². The van der Waals surface area contributed by atoms with E-state index in [4.69, 9.17) is 10.5 Å². The number of aryl methyl sites for hydroxylation is 1. The highest BCUT2D eigenvalue weighted by Crippen LogP contribution is 2.20. The minimum absolute atomic E-state index is 0.286. The molecule has 1 aromatic carbocycles. The smallest absolute Gasteiger partial charge is 0.324 e. The molecule has 0 fully saturated rings. The monoisotopic (exact) mass is 269 g/mol. The normalized spacial score (nSPS) is 10.9. The van der Waals surface area contributed by atoms with Crippen molar-refractivity contribution in [2.75, 3.05) is 6.54 Å². The number of nitrogens with one attached hydrogen (secondary N) is 1. The lowest BCUT2D eigenvalue weighted by molar-refractivity contribution is 0.443. The Morgan fingerprint density at radius 3 is 3.05 bits per heavy atom. The number of rotatable bonds is 4. The van der Waals surface area contributed by atoms with Crippen LogP contribution in [0.3, 0.4) is 0 Å². The number of aromatic nitrogens is 4. The number of imidazole rings is 1. The Labute approximate surface area is 116 Å². The number of fused-ring (bicyclic) bond motifs is 1. The molecule has 6 nitrogen and oxygen atoms in total. The van der Waals surface area contributed by atoms with Crippen LogP contribution in [0.4, 0.5) is 0 Å². The van der Waals surface area contributed by atoms with Gasteiger partial charge in [0.15, 0.2) is 5.65 Å². The van der Waals surface area contributed by atoms with Gasteiger partial charge in [-0.3, -0.25) is 0 Å². The first kappa shape index (κ1) is 12.6. The Morgan fingerprint density at radius 2 is 2.20 bits per heavy atom. The lowest BCUT2D eigenvalue weighted by Gasteiger charge is -2.05. The first-order chi connectivity index (χ1) is 9.74. The van der Waals surface area contributed by atoms with E-state index < -0.39 is 0 Å². The summed E-state index contributed by atoms with van der Waals surface area (Å²) in [5.74, 6) is 1.50. The van der Waals surface area contributed by atoms with E-state index in [-0.39, 0.29) is 6.01 Å². The predicted molar refractivity (Wildman–Crippen MR) is 75.7 cm³/mol. The van der Waals surface area contributed by atoms with Crippen molar-refractivity contribution in [3.8, 4) is 11.8 Å². The van der Waals surface area contributed by atoms with Crippen molar-refractivity contribution in [3.63, 3.8) is 0 Å². The molecule has 3 rings (SSSR count). The van der Waals surface area contributed by atoms with Gasteiger partial charge in [-0.05, 0) is 37.6 Å². The molecule has 0 saturated carbocycles. The van der Waals surface area contributed by atoms with Gasteiger partial charge in [-0.1, -0.05) is 12.1 Å². The molecule has 102 valence electrons. The Kier molecular flexibility index (Phi) is 3.30. The van der Waals surface area contributed by atoms with E-state index in [1.54, 1.807) is 6.20 Å². The van der Waals surface area contributed by atoms with Gasteiger partial charge in [0.1, 0.15) is 17.1 Å². The molecule has 6 heteroatoms. The van der Waals surface area contributed by atoms with E-state index in [0.29, 0.717) is 17.9 Å². The van der Waals surface area contributed by atoms with Crippen LogP contribution in [0.2, 0.25) is 0 Å². The van der Waals surface area contributed by atoms with Gasteiger partial charge in [-0.25, -0.2) is 9.97 Å². The molecule has 2 aromatic heterocycles. The van der Waals surface area contributed by atoms with Gasteiger partial charge >= 0.3 is 6.01 Å². The summed E-state index contributed by atoms with van der Waals surface area (Å²) in [7, 11) is 0. The quantitative estimate of drug-likeness (QED) is 0.755. The zero-order valence-corrected chi connectivity index (χ0v) is 11.1. The summed E-state index contributed by atoms with van der Waals surface area (Å²) in [6.07, 6.45) is 2.48. The Morgan fingerprint density at radius 1 is 1.30 bits per heavy atom. The van der Waals surface area contributed by atoms with Gasteiger partial charge in [-0.2, -0.15) is 4.98 Å². The molecular formula is C14H15N5O. The van der Waals surface area contributed by atoms with Crippen molar-refractivity contribution in [3.05, 3.63) is 41.9 Å². The molecule has 0 aliphatic rings. The third-order valence-corrected chi connectivity index (χ3v) is 2.88. The summed E-state index contributed by atoms with van der Waals surface area (Å²) in [5, 5.41) is 0. The summed E-state index contributed by atoms with van der Waals surface area (Å²) in [4.78, 5) is 15.8. The van der Waals surface area contributed by atoms with Crippen molar-refractivity contribution < 1.29 is 4.74 Å². The van der Waals surface area contributed by atoms with E-state index in [0.717, 1.165) is 23.3 Å². The van der Waals surface area contributed by atoms with Gasteiger partial charge in [0.2, 0.25) is 0 Å². The maximum absolute atomic E-state index is 5.67. The van der Waals surface area contributed by atoms with Crippen LogP contribution < -0.4 is 10.5 Å². The van der Waals surface area contributed by atoms with Crippen molar-refractivity contribution in [2.24, 2.45) is 5.73 Å². The number of nitrogens with two attached hydrogens (primary N) is 1. The first-order valence-electron chi connectivity index (χ1n) is 6.41. The largest absolute Gasteiger partial charge is 0.424 e. The lowest BCUT2D eigenvalue weighted by atomic mass is 10.1. The number of hydrogen-bond acceptors (Lipinski definition) is 5. The van der Waals surface area contributed by atoms with Gasteiger partial charge in [0.25, 0.3) is 0 Å². The molecule has 0 atom stereocenters. The van der Waals surface area contributed by atoms with Crippen molar-refractivity contribution in [1.82, 2.24) is 19.9 Å². The number of aromatic amines is 1. The van der Waals surface area contributed by atoms with Crippen LogP contribution in [0.25, 0.3) is 11.2 Å². The molecule has 0 aliphatic carbocycles. The maximum Gasteiger partial charge on any atom is 0.324 e. The highest BCUT2D eigenvalue weighted by Gasteiger charge is 2.06. The third kappa shape index (κ3) is 2.60. The molecule has 0 spiro atoms. The van der Waals surface area contributed by atoms with Crippen LogP contribution in [0, 0.1) is 6.92 Å². The van der Waals surface area contributed by atoms with E-state index in [1.807, 2.05) is 31.2 Å². The molecule has 0 amide bonds. The topological polar surface area (TPSA) is 89.7 Å². The van der Waals surface area contributed by atoms with Gasteiger partial charge in [0.05, 0.1) is 6.20 Å². The number of hydrogen-bond donors (Lipinski definition) is 2. The van der Waals surface area contributed by atoms with Crippen molar-refractivity contribution in [1.29, 1.82) is 0 Å². The summed E-state index contributed by atoms with van der Waals surface area (Å²) in [6.45, 7) is 2.48. The van der Waals surface area contributed by atoms with E-state index in [1.165, 1.54) is 0 Å². The first-order valence-corrected chi connectivity index (χ1v) is 6.41. The number of nitrogens with zero attached hydrogens (tertiary/aromatic N) is 3. The van der Waals surface area contributed by atoms with E-state index in [9.17, 15) is 0 Å². The predicted octanol–water partition coefficient (Wildman–Crippen LogP) is 1.95. The minimum atomic E-state index is 0.286. The fourth-order valence-electron chi connectivity index (χ4n) is 2.00. The molecule has 0 saturated heterocycles. The molecule has 2 heterocycles. The standard InChI is InChI=1S/C14H15N5O/c1-9-17-12-8-16-14(19-13(12)18-9)20-11-4-2-3-10(7-11)5-6-15/h2-4,7-8H,5-6,15H2,1H3,(H,16,17,18,19). The molecule has 0 bridgehead atoms. The molecule has 3 N–H and O–H groups in total. The summed E-state index contributed by atoms with van der Waals surface area (Å²) < 4.78 is 5.67. The average molecular weight is 269 g/mol. The fourth-order valence-corrected chi connectivity index (χ4v) is 2.00. The van der Waals surface area contributed by atoms with Gasteiger partial charge in [-0.15, -0.1) is 0 Å². The van der Waals surface area contributed by atoms with E-state index in [2.05, 4.69) is 19.9 Å². The van der Waals surface area contributed by atoms with Gasteiger partial charge in [0, 0.05) is 0 Å². The summed E-state index contributed by atoms with van der Waals surface area (Å²) in [5.41, 5.74) is 8.08. The zero-order valence-electron chi connectivity index (χ0n) is 11.1. The number of H-pyrrole nitrogens is 1. The average Bonchev–Trinajstić information content (AvgIpc) is 2.79. The molecule has 3 aromatic rings. The molecular weight excluding hydrogens is 254 g/mol. The summed E-state index contributed by atoms with van der Waals surface area (Å²) in [6, 6.07) is 8.03. The van der Waals surface area contributed by atoms with Crippen molar-refractivity contribution in [2.45, 2.75) is 13.3 Å². The highest BCUT2D eigenvalue weighted by molar-refractivity contribution is 5.69. The maximum atomic E-state index is 5.67. The number of ether oxygens (including phenoxy) is 1. The minimum Gasteiger partial charge on any atom is -0.424 e. The highest BCUT2D eigenvalue weighted by atomic mass is 16.5. The van der Waals surface area contributed by atoms with Crippen LogP contribution in [0.15, 0.2) is 30.5 Å². The molecule has 0 unspecified atom stereocenters. The second-order valence-electron chi connectivity index (χ2n) is 4.50. The molecule has 0 aliphatic heterocycles. The Hall–Kier alpha value is -2.47. The zero-order chi connectivity index (χ0) is 13.9. The number of benzene rings is 1. The van der Waals surface area contributed by atoms with Crippen LogP contribution in [-0.2, 0) is 6.42 Å². The fraction of sp³-hybridized carbons (Fsp3) is 0.214. The Balaban J connectivity index is 1.86. The SMILES string of the molecule is Cc1nc2nc(Oc3cccc(CCN)c3)ncc2[nH]1. The third-order valence-electron chi connectivity index (χ3n) is 2.88. The van der Waals surface area contributed by atoms with Crippen LogP contribution >= 0.6 is 0 Å². The second-order valence-corrected chi connectivity index (χ2v) is 4.50. The van der Waals surface area contributed by atoms with Crippen LogP contribution in [0.5, 0.6) is 11.8 Å².